The number of halogens is 5. The molecule has 0 saturated carbocycles. The smallest absolute Gasteiger partial charge is 0.0586 e. The van der Waals surface area contributed by atoms with E-state index < -0.39 is 0 Å². The molecule has 2 rings (SSSR count). The first kappa shape index (κ1) is 47.7. The summed E-state index contributed by atoms with van der Waals surface area (Å²) < 4.78 is 0. The van der Waals surface area contributed by atoms with Crippen molar-refractivity contribution in [1.82, 2.24) is 0 Å². The fourth-order valence-corrected chi connectivity index (χ4v) is 6.79. The van der Waals surface area contributed by atoms with Crippen molar-refractivity contribution in [3.05, 3.63) is 67.7 Å². The third-order valence-electron chi connectivity index (χ3n) is 7.92. The quantitative estimate of drug-likeness (QED) is 0.0467. The normalized spacial score (nSPS) is 13.0. The monoisotopic (exact) mass is 774 g/mol. The number of unbranched alkanes of at least 4 members (excludes halogenated alkanes) is 3. The summed E-state index contributed by atoms with van der Waals surface area (Å²) in [5.41, 5.74) is 5.98. The Balaban J connectivity index is 0.000000902. The first-order valence-corrected chi connectivity index (χ1v) is 19.0. The highest BCUT2D eigenvalue weighted by atomic mass is 35.5. The molecule has 278 valence electrons. The average molecular weight is 777 g/mol. The van der Waals surface area contributed by atoms with Gasteiger partial charge in [0.2, 0.25) is 0 Å². The standard InChI is InChI=1S/C18H27Cl3O3.C18H28Cl2O3.CH4/c19-16(4-1-7-22)13-10-14(17(20)5-2-8-23)12-15(11-13)18(21)6-3-9-24;19-17-14(7-1-4-10-21)13-15(8-2-5-11-22)18(20)16(17)9-3-6-12-23;/h10-12,16-18,22-24H,1-9H2;13,21-23H,1-12H2;1H4. The average Bonchev–Trinajstić information content (AvgIpc) is 3.08. The number of hydrogen-bond donors (Lipinski definition) is 6. The number of aliphatic hydroxyl groups excluding tert-OH is 6. The predicted molar refractivity (Wildman–Crippen MR) is 204 cm³/mol. The molecule has 2 aromatic rings. The SMILES string of the molecule is C.OCCCC(Cl)c1cc(C(Cl)CCCO)cc(C(Cl)CCCO)c1.OCCCCc1cc(CCCCO)c(Cl)c(CCCCO)c1Cl. The van der Waals surface area contributed by atoms with Gasteiger partial charge in [-0.15, -0.1) is 34.8 Å². The molecule has 0 heterocycles. The van der Waals surface area contributed by atoms with E-state index in [1.54, 1.807) is 0 Å². The van der Waals surface area contributed by atoms with Gasteiger partial charge in [0.15, 0.2) is 0 Å². The molecule has 48 heavy (non-hydrogen) atoms. The molecule has 0 aliphatic heterocycles. The van der Waals surface area contributed by atoms with Gasteiger partial charge in [-0.1, -0.05) is 54.9 Å². The predicted octanol–water partition coefficient (Wildman–Crippen LogP) is 9.42. The van der Waals surface area contributed by atoms with Gasteiger partial charge in [-0.3, -0.25) is 0 Å². The maximum atomic E-state index is 8.99. The minimum Gasteiger partial charge on any atom is -0.396 e. The zero-order chi connectivity index (χ0) is 35.0. The van der Waals surface area contributed by atoms with Crippen LogP contribution in [0.1, 0.15) is 134 Å². The van der Waals surface area contributed by atoms with Crippen LogP contribution in [0.5, 0.6) is 0 Å². The van der Waals surface area contributed by atoms with Crippen LogP contribution in [0.4, 0.5) is 0 Å². The van der Waals surface area contributed by atoms with Crippen molar-refractivity contribution < 1.29 is 30.6 Å². The maximum absolute atomic E-state index is 8.99. The molecule has 0 spiro atoms. The highest BCUT2D eigenvalue weighted by Crippen LogP contribution is 2.37. The Kier molecular flexibility index (Phi) is 29.0. The summed E-state index contributed by atoms with van der Waals surface area (Å²) in [6.07, 6.45) is 11.3. The summed E-state index contributed by atoms with van der Waals surface area (Å²) in [6.45, 7) is 0.891. The molecule has 3 unspecified atom stereocenters. The Morgan fingerprint density at radius 2 is 0.708 bits per heavy atom. The van der Waals surface area contributed by atoms with Gasteiger partial charge in [0.1, 0.15) is 0 Å². The number of rotatable bonds is 24. The number of aryl methyl sites for hydroxylation is 2. The van der Waals surface area contributed by atoms with Crippen molar-refractivity contribution in [2.24, 2.45) is 0 Å². The van der Waals surface area contributed by atoms with E-state index in [1.807, 2.05) is 18.2 Å². The van der Waals surface area contributed by atoms with Crippen LogP contribution in [-0.2, 0) is 19.3 Å². The van der Waals surface area contributed by atoms with Crippen LogP contribution in [0.25, 0.3) is 0 Å². The van der Waals surface area contributed by atoms with Crippen molar-refractivity contribution in [2.45, 2.75) is 120 Å². The first-order valence-electron chi connectivity index (χ1n) is 16.9. The zero-order valence-electron chi connectivity index (χ0n) is 27.5. The lowest BCUT2D eigenvalue weighted by molar-refractivity contribution is 0.283. The summed E-state index contributed by atoms with van der Waals surface area (Å²) in [6, 6.07) is 8.05. The van der Waals surface area contributed by atoms with Crippen molar-refractivity contribution >= 4 is 58.0 Å². The van der Waals surface area contributed by atoms with Gasteiger partial charge < -0.3 is 30.6 Å². The second-order valence-electron chi connectivity index (χ2n) is 11.8. The molecule has 0 aliphatic rings. The van der Waals surface area contributed by atoms with Crippen molar-refractivity contribution in [2.75, 3.05) is 39.6 Å². The highest BCUT2D eigenvalue weighted by Gasteiger charge is 2.18. The van der Waals surface area contributed by atoms with Gasteiger partial charge in [0.05, 0.1) is 16.1 Å². The fraction of sp³-hybridized carbons (Fsp3) is 0.676. The summed E-state index contributed by atoms with van der Waals surface area (Å²) in [5, 5.41) is 54.7. The van der Waals surface area contributed by atoms with Gasteiger partial charge in [-0.2, -0.15) is 0 Å². The minimum absolute atomic E-state index is 0. The van der Waals surface area contributed by atoms with Crippen LogP contribution >= 0.6 is 58.0 Å². The highest BCUT2D eigenvalue weighted by molar-refractivity contribution is 6.37. The third kappa shape index (κ3) is 18.2. The number of hydrogen-bond acceptors (Lipinski definition) is 6. The Hall–Kier alpha value is -0.350. The molecule has 0 aromatic heterocycles. The molecule has 6 nitrogen and oxygen atoms in total. The van der Waals surface area contributed by atoms with Gasteiger partial charge >= 0.3 is 0 Å². The van der Waals surface area contributed by atoms with Gasteiger partial charge in [0.25, 0.3) is 0 Å². The van der Waals surface area contributed by atoms with Crippen molar-refractivity contribution in [3.63, 3.8) is 0 Å². The van der Waals surface area contributed by atoms with Crippen LogP contribution in [0.2, 0.25) is 10.0 Å². The summed E-state index contributed by atoms with van der Waals surface area (Å²) in [7, 11) is 0. The van der Waals surface area contributed by atoms with Crippen LogP contribution in [0, 0.1) is 0 Å². The van der Waals surface area contributed by atoms with E-state index in [-0.39, 0.29) is 63.2 Å². The van der Waals surface area contributed by atoms with E-state index in [9.17, 15) is 0 Å². The maximum Gasteiger partial charge on any atom is 0.0586 e. The first-order chi connectivity index (χ1) is 22.7. The number of alkyl halides is 3. The molecule has 0 fully saturated rings. The largest absolute Gasteiger partial charge is 0.396 e. The van der Waals surface area contributed by atoms with Gasteiger partial charge in [0, 0.05) is 49.7 Å². The molecule has 3 atom stereocenters. The number of benzene rings is 2. The fourth-order valence-electron chi connectivity index (χ4n) is 5.23. The lowest BCUT2D eigenvalue weighted by Crippen LogP contribution is -2.02. The van der Waals surface area contributed by atoms with Gasteiger partial charge in [-0.05, 0) is 130 Å². The molecular weight excluding hydrogens is 718 g/mol. The Morgan fingerprint density at radius 1 is 0.417 bits per heavy atom. The van der Waals surface area contributed by atoms with Crippen molar-refractivity contribution in [3.8, 4) is 0 Å². The molecule has 2 aromatic carbocycles. The van der Waals surface area contributed by atoms with E-state index in [0.717, 1.165) is 101 Å². The Bertz CT molecular complexity index is 993. The molecule has 0 radical (unpaired) electrons. The van der Waals surface area contributed by atoms with Gasteiger partial charge in [-0.25, -0.2) is 0 Å². The molecular formula is C37H59Cl5O6. The molecule has 0 saturated heterocycles. The molecule has 0 aliphatic carbocycles. The lowest BCUT2D eigenvalue weighted by Gasteiger charge is -2.19. The van der Waals surface area contributed by atoms with E-state index in [1.165, 1.54) is 0 Å². The minimum atomic E-state index is -0.209. The van der Waals surface area contributed by atoms with Crippen LogP contribution in [-0.4, -0.2) is 70.3 Å². The zero-order valence-corrected chi connectivity index (χ0v) is 31.2. The Labute approximate surface area is 314 Å². The topological polar surface area (TPSA) is 121 Å². The van der Waals surface area contributed by atoms with E-state index in [0.29, 0.717) is 38.5 Å². The van der Waals surface area contributed by atoms with E-state index in [4.69, 9.17) is 88.6 Å². The van der Waals surface area contributed by atoms with Crippen LogP contribution < -0.4 is 0 Å². The number of aliphatic hydroxyl groups is 6. The second-order valence-corrected chi connectivity index (χ2v) is 14.1. The molecule has 6 N–H and O–H groups in total. The van der Waals surface area contributed by atoms with Crippen LogP contribution in [0.15, 0.2) is 24.3 Å². The van der Waals surface area contributed by atoms with E-state index in [2.05, 4.69) is 6.07 Å². The van der Waals surface area contributed by atoms with Crippen LogP contribution in [0.3, 0.4) is 0 Å². The Morgan fingerprint density at radius 3 is 1.00 bits per heavy atom. The van der Waals surface area contributed by atoms with E-state index >= 15 is 0 Å². The third-order valence-corrected chi connectivity index (χ3v) is 10.3. The summed E-state index contributed by atoms with van der Waals surface area (Å²) in [4.78, 5) is 0. The molecule has 0 bridgehead atoms. The lowest BCUT2D eigenvalue weighted by atomic mass is 9.95. The summed E-state index contributed by atoms with van der Waals surface area (Å²) in [5.74, 6) is 0. The van der Waals surface area contributed by atoms with Crippen molar-refractivity contribution in [1.29, 1.82) is 0 Å². The molecule has 0 amide bonds. The summed E-state index contributed by atoms with van der Waals surface area (Å²) >= 11 is 32.5. The second kappa shape index (κ2) is 29.3. The molecule has 11 heteroatoms.